The molecule has 0 aromatic heterocycles. The van der Waals surface area contributed by atoms with Crippen molar-refractivity contribution in [2.75, 3.05) is 33.2 Å². The van der Waals surface area contributed by atoms with Crippen molar-refractivity contribution in [1.82, 2.24) is 15.5 Å². The number of likely N-dealkylation sites (tertiary alicyclic amines) is 1. The Morgan fingerprint density at radius 2 is 1.76 bits per heavy atom. The Morgan fingerprint density at radius 3 is 2.24 bits per heavy atom. The first-order valence-corrected chi connectivity index (χ1v) is 6.23. The standard InChI is InChI=1S/C12H26N4.HI/c1-12(2,3)15-8-7-14-11(13-4)16-9-5-6-10-16;/h15H,5-10H2,1-4H3,(H,13,14);1H. The van der Waals surface area contributed by atoms with Crippen LogP contribution in [0.25, 0.3) is 0 Å². The second kappa shape index (κ2) is 8.13. The third-order valence-electron chi connectivity index (χ3n) is 2.68. The molecule has 1 saturated heterocycles. The average Bonchev–Trinajstić information content (AvgIpc) is 2.69. The van der Waals surface area contributed by atoms with Gasteiger partial charge in [-0.05, 0) is 33.6 Å². The zero-order valence-electron chi connectivity index (χ0n) is 11.5. The first-order chi connectivity index (χ1) is 7.53. The molecule has 0 spiro atoms. The molecule has 1 aliphatic heterocycles. The van der Waals surface area contributed by atoms with Gasteiger partial charge in [0, 0.05) is 38.8 Å². The number of nitrogens with zero attached hydrogens (tertiary/aromatic N) is 2. The fourth-order valence-corrected chi connectivity index (χ4v) is 1.87. The highest BCUT2D eigenvalue weighted by Crippen LogP contribution is 2.06. The SMILES string of the molecule is CN=C(NCCNC(C)(C)C)N1CCCC1.I. The van der Waals surface area contributed by atoms with Crippen molar-refractivity contribution >= 4 is 29.9 Å². The molecule has 5 heteroatoms. The Bertz CT molecular complexity index is 229. The van der Waals surface area contributed by atoms with E-state index in [-0.39, 0.29) is 29.5 Å². The van der Waals surface area contributed by atoms with Crippen molar-refractivity contribution in [1.29, 1.82) is 0 Å². The van der Waals surface area contributed by atoms with Crippen molar-refractivity contribution in [3.05, 3.63) is 0 Å². The summed E-state index contributed by atoms with van der Waals surface area (Å²) in [6.45, 7) is 10.7. The molecule has 0 radical (unpaired) electrons. The van der Waals surface area contributed by atoms with E-state index in [0.717, 1.165) is 32.1 Å². The fourth-order valence-electron chi connectivity index (χ4n) is 1.87. The van der Waals surface area contributed by atoms with Gasteiger partial charge in [-0.1, -0.05) is 0 Å². The minimum absolute atomic E-state index is 0. The first kappa shape index (κ1) is 17.0. The Labute approximate surface area is 123 Å². The van der Waals surface area contributed by atoms with Crippen molar-refractivity contribution in [3.8, 4) is 0 Å². The molecule has 0 aromatic rings. The van der Waals surface area contributed by atoms with E-state index in [2.05, 4.69) is 41.3 Å². The Hall–Kier alpha value is -0.0400. The van der Waals surface area contributed by atoms with Crippen LogP contribution in [-0.2, 0) is 0 Å². The average molecular weight is 354 g/mol. The topological polar surface area (TPSA) is 39.7 Å². The molecule has 17 heavy (non-hydrogen) atoms. The molecule has 0 aliphatic carbocycles. The van der Waals surface area contributed by atoms with E-state index < -0.39 is 0 Å². The molecule has 0 amide bonds. The van der Waals surface area contributed by atoms with Crippen LogP contribution in [0.3, 0.4) is 0 Å². The van der Waals surface area contributed by atoms with E-state index in [0.29, 0.717) is 0 Å². The van der Waals surface area contributed by atoms with Gasteiger partial charge in [-0.25, -0.2) is 0 Å². The minimum atomic E-state index is 0. The van der Waals surface area contributed by atoms with E-state index >= 15 is 0 Å². The zero-order valence-corrected chi connectivity index (χ0v) is 13.9. The van der Waals surface area contributed by atoms with E-state index in [1.165, 1.54) is 12.8 Å². The molecule has 0 unspecified atom stereocenters. The van der Waals surface area contributed by atoms with Crippen LogP contribution in [0.15, 0.2) is 4.99 Å². The largest absolute Gasteiger partial charge is 0.355 e. The minimum Gasteiger partial charge on any atom is -0.355 e. The maximum Gasteiger partial charge on any atom is 0.193 e. The van der Waals surface area contributed by atoms with Crippen molar-refractivity contribution in [2.24, 2.45) is 4.99 Å². The summed E-state index contributed by atoms with van der Waals surface area (Å²) < 4.78 is 0. The second-order valence-corrected chi connectivity index (χ2v) is 5.34. The third kappa shape index (κ3) is 7.08. The predicted molar refractivity (Wildman–Crippen MR) is 85.3 cm³/mol. The number of guanidine groups is 1. The van der Waals surface area contributed by atoms with Gasteiger partial charge in [0.15, 0.2) is 5.96 Å². The van der Waals surface area contributed by atoms with Gasteiger partial charge in [0.2, 0.25) is 0 Å². The molecule has 4 nitrogen and oxygen atoms in total. The molecular formula is C12H27IN4. The Kier molecular flexibility index (Phi) is 8.11. The molecule has 1 heterocycles. The normalized spacial score (nSPS) is 16.9. The van der Waals surface area contributed by atoms with E-state index in [9.17, 15) is 0 Å². The number of halogens is 1. The fraction of sp³-hybridized carbons (Fsp3) is 0.917. The highest BCUT2D eigenvalue weighted by Gasteiger charge is 2.15. The summed E-state index contributed by atoms with van der Waals surface area (Å²) in [5.74, 6) is 1.05. The number of hydrogen-bond donors (Lipinski definition) is 2. The van der Waals surface area contributed by atoms with Crippen LogP contribution in [-0.4, -0.2) is 49.6 Å². The summed E-state index contributed by atoms with van der Waals surface area (Å²) in [5, 5.41) is 6.85. The van der Waals surface area contributed by atoms with Crippen LogP contribution in [0.2, 0.25) is 0 Å². The summed E-state index contributed by atoms with van der Waals surface area (Å²) in [5.41, 5.74) is 0.193. The Morgan fingerprint density at radius 1 is 1.18 bits per heavy atom. The predicted octanol–water partition coefficient (Wildman–Crippen LogP) is 1.66. The monoisotopic (exact) mass is 354 g/mol. The van der Waals surface area contributed by atoms with Gasteiger partial charge in [0.1, 0.15) is 0 Å². The van der Waals surface area contributed by atoms with Crippen LogP contribution >= 0.6 is 24.0 Å². The highest BCUT2D eigenvalue weighted by atomic mass is 127. The van der Waals surface area contributed by atoms with E-state index in [1.54, 1.807) is 0 Å². The van der Waals surface area contributed by atoms with Crippen LogP contribution in [0.1, 0.15) is 33.6 Å². The Balaban J connectivity index is 0.00000256. The van der Waals surface area contributed by atoms with Gasteiger partial charge in [0.05, 0.1) is 0 Å². The molecule has 1 fully saturated rings. The lowest BCUT2D eigenvalue weighted by atomic mass is 10.1. The molecular weight excluding hydrogens is 327 g/mol. The first-order valence-electron chi connectivity index (χ1n) is 6.23. The van der Waals surface area contributed by atoms with Crippen LogP contribution in [0.4, 0.5) is 0 Å². The van der Waals surface area contributed by atoms with Gasteiger partial charge < -0.3 is 15.5 Å². The van der Waals surface area contributed by atoms with Gasteiger partial charge >= 0.3 is 0 Å². The lowest BCUT2D eigenvalue weighted by Crippen LogP contribution is -2.45. The molecule has 0 bridgehead atoms. The molecule has 102 valence electrons. The maximum atomic E-state index is 4.31. The third-order valence-corrected chi connectivity index (χ3v) is 2.68. The summed E-state index contributed by atoms with van der Waals surface area (Å²) in [7, 11) is 1.86. The maximum absolute atomic E-state index is 4.31. The molecule has 1 aliphatic rings. The number of aliphatic imine (C=N–C) groups is 1. The van der Waals surface area contributed by atoms with Crippen LogP contribution < -0.4 is 10.6 Å². The quantitative estimate of drug-likeness (QED) is 0.351. The van der Waals surface area contributed by atoms with Crippen LogP contribution in [0, 0.1) is 0 Å². The second-order valence-electron chi connectivity index (χ2n) is 5.34. The van der Waals surface area contributed by atoms with E-state index in [4.69, 9.17) is 0 Å². The lowest BCUT2D eigenvalue weighted by Gasteiger charge is -2.23. The molecule has 0 atom stereocenters. The molecule has 0 aromatic carbocycles. The summed E-state index contributed by atoms with van der Waals surface area (Å²) in [6, 6.07) is 0. The summed E-state index contributed by atoms with van der Waals surface area (Å²) in [4.78, 5) is 6.64. The van der Waals surface area contributed by atoms with Gasteiger partial charge in [0.25, 0.3) is 0 Å². The summed E-state index contributed by atoms with van der Waals surface area (Å²) >= 11 is 0. The van der Waals surface area contributed by atoms with Crippen molar-refractivity contribution < 1.29 is 0 Å². The number of nitrogens with one attached hydrogen (secondary N) is 2. The van der Waals surface area contributed by atoms with Gasteiger partial charge in [-0.2, -0.15) is 0 Å². The van der Waals surface area contributed by atoms with Crippen molar-refractivity contribution in [2.45, 2.75) is 39.2 Å². The van der Waals surface area contributed by atoms with Crippen molar-refractivity contribution in [3.63, 3.8) is 0 Å². The number of rotatable bonds is 3. The number of hydrogen-bond acceptors (Lipinski definition) is 2. The summed E-state index contributed by atoms with van der Waals surface area (Å²) in [6.07, 6.45) is 2.59. The molecule has 2 N–H and O–H groups in total. The smallest absolute Gasteiger partial charge is 0.193 e. The lowest BCUT2D eigenvalue weighted by molar-refractivity contribution is 0.423. The van der Waals surface area contributed by atoms with Gasteiger partial charge in [-0.15, -0.1) is 24.0 Å². The van der Waals surface area contributed by atoms with E-state index in [1.807, 2.05) is 7.05 Å². The molecule has 1 rings (SSSR count). The zero-order chi connectivity index (χ0) is 12.0. The van der Waals surface area contributed by atoms with Gasteiger partial charge in [-0.3, -0.25) is 4.99 Å². The molecule has 0 saturated carbocycles. The van der Waals surface area contributed by atoms with Crippen LogP contribution in [0.5, 0.6) is 0 Å². The highest BCUT2D eigenvalue weighted by molar-refractivity contribution is 14.0.